The number of hydrogen-bond donors (Lipinski definition) is 3. The predicted octanol–water partition coefficient (Wildman–Crippen LogP) is 2.20. The summed E-state index contributed by atoms with van der Waals surface area (Å²) in [5, 5.41) is 9.01. The number of aryl methyl sites for hydroxylation is 1. The lowest BCUT2D eigenvalue weighted by atomic mass is 10.0. The molecular weight excluding hydrogens is 334 g/mol. The Bertz CT molecular complexity index is 668. The summed E-state index contributed by atoms with van der Waals surface area (Å²) in [6.07, 6.45) is 1.84. The van der Waals surface area contributed by atoms with Gasteiger partial charge in [-0.1, -0.05) is 44.2 Å². The van der Waals surface area contributed by atoms with Crippen LogP contribution in [0.5, 0.6) is 0 Å². The number of thiophene rings is 1. The number of hydrogen-bond acceptors (Lipinski definition) is 3. The van der Waals surface area contributed by atoms with Gasteiger partial charge in [-0.15, -0.1) is 11.3 Å². The van der Waals surface area contributed by atoms with Gasteiger partial charge in [-0.2, -0.15) is 0 Å². The molecule has 1 aromatic carbocycles. The summed E-state index contributed by atoms with van der Waals surface area (Å²) in [7, 11) is 0. The van der Waals surface area contributed by atoms with E-state index in [1.807, 2.05) is 23.7 Å². The quantitative estimate of drug-likeness (QED) is 0.675. The molecule has 0 fully saturated rings. The van der Waals surface area contributed by atoms with Crippen molar-refractivity contribution >= 4 is 23.3 Å². The second-order valence-corrected chi connectivity index (χ2v) is 6.81. The summed E-state index contributed by atoms with van der Waals surface area (Å²) < 4.78 is 0. The molecular formula is C19H26N3O2S+. The van der Waals surface area contributed by atoms with Crippen molar-refractivity contribution in [1.29, 1.82) is 0 Å². The van der Waals surface area contributed by atoms with Crippen molar-refractivity contribution in [2.45, 2.75) is 32.7 Å². The van der Waals surface area contributed by atoms with Crippen LogP contribution in [0.4, 0.5) is 4.79 Å². The molecule has 5 nitrogen and oxygen atoms in total. The number of benzene rings is 1. The van der Waals surface area contributed by atoms with Crippen LogP contribution in [-0.4, -0.2) is 25.0 Å². The van der Waals surface area contributed by atoms with Crippen LogP contribution in [0.2, 0.25) is 0 Å². The Kier molecular flexibility index (Phi) is 7.63. The lowest BCUT2D eigenvalue weighted by molar-refractivity contribution is -0.676. The Labute approximate surface area is 152 Å². The Morgan fingerprint density at radius 1 is 1.16 bits per heavy atom. The molecule has 0 unspecified atom stereocenters. The third kappa shape index (κ3) is 5.99. The molecule has 134 valence electrons. The number of rotatable bonds is 8. The van der Waals surface area contributed by atoms with E-state index in [-0.39, 0.29) is 18.5 Å². The van der Waals surface area contributed by atoms with Gasteiger partial charge in [0.1, 0.15) is 6.04 Å². The van der Waals surface area contributed by atoms with Crippen molar-refractivity contribution in [3.63, 3.8) is 0 Å². The molecule has 3 amide bonds. The van der Waals surface area contributed by atoms with E-state index >= 15 is 0 Å². The third-order valence-corrected chi connectivity index (χ3v) is 4.88. The first-order chi connectivity index (χ1) is 12.1. The molecule has 0 aliphatic carbocycles. The van der Waals surface area contributed by atoms with Gasteiger partial charge in [0.2, 0.25) is 0 Å². The Morgan fingerprint density at radius 2 is 1.92 bits per heavy atom. The van der Waals surface area contributed by atoms with Crippen LogP contribution in [-0.2, 0) is 11.2 Å². The van der Waals surface area contributed by atoms with Gasteiger partial charge in [0.25, 0.3) is 5.91 Å². The molecule has 4 N–H and O–H groups in total. The van der Waals surface area contributed by atoms with E-state index in [1.54, 1.807) is 11.3 Å². The first kappa shape index (κ1) is 19.1. The topological polar surface area (TPSA) is 74.8 Å². The van der Waals surface area contributed by atoms with Crippen LogP contribution in [0, 0.1) is 0 Å². The summed E-state index contributed by atoms with van der Waals surface area (Å²) >= 11 is 1.67. The molecule has 0 spiro atoms. The summed E-state index contributed by atoms with van der Waals surface area (Å²) in [5.41, 5.74) is 2.45. The zero-order valence-electron chi connectivity index (χ0n) is 14.7. The maximum absolute atomic E-state index is 12.0. The molecule has 0 aliphatic heterocycles. The highest BCUT2D eigenvalue weighted by Gasteiger charge is 2.20. The van der Waals surface area contributed by atoms with Crippen molar-refractivity contribution < 1.29 is 14.9 Å². The highest BCUT2D eigenvalue weighted by atomic mass is 32.1. The van der Waals surface area contributed by atoms with Crippen LogP contribution >= 0.6 is 11.3 Å². The largest absolute Gasteiger partial charge is 0.338 e. The average molecular weight is 361 g/mol. The predicted molar refractivity (Wildman–Crippen MR) is 101 cm³/mol. The minimum absolute atomic E-state index is 0.0513. The van der Waals surface area contributed by atoms with Crippen molar-refractivity contribution in [2.24, 2.45) is 0 Å². The fourth-order valence-corrected chi connectivity index (χ4v) is 3.38. The highest BCUT2D eigenvalue weighted by Crippen LogP contribution is 2.23. The SMILES string of the molecule is CCCNC(=O)NC(=O)C[NH2+][C@@H](c1ccc(CC)cc1)c1cccs1. The Morgan fingerprint density at radius 3 is 2.52 bits per heavy atom. The summed E-state index contributed by atoms with van der Waals surface area (Å²) in [5.74, 6) is -0.291. The molecule has 6 heteroatoms. The minimum atomic E-state index is -0.430. The van der Waals surface area contributed by atoms with E-state index in [4.69, 9.17) is 0 Å². The van der Waals surface area contributed by atoms with Crippen LogP contribution in [0.25, 0.3) is 0 Å². The number of urea groups is 1. The number of carbonyl (C=O) groups is 2. The van der Waals surface area contributed by atoms with Crippen LogP contribution < -0.4 is 16.0 Å². The standard InChI is InChI=1S/C19H25N3O2S/c1-3-11-20-19(24)22-17(23)13-21-18(16-6-5-12-25-16)15-9-7-14(4-2)8-10-15/h5-10,12,18,21H,3-4,11,13H2,1-2H3,(H2,20,22,23,24)/p+1/t18-/m0/s1. The normalized spacial score (nSPS) is 11.8. The van der Waals surface area contributed by atoms with E-state index in [2.05, 4.69) is 47.9 Å². The molecule has 1 atom stereocenters. The Balaban J connectivity index is 2.00. The molecule has 2 aromatic rings. The average Bonchev–Trinajstić information content (AvgIpc) is 3.15. The summed E-state index contributed by atoms with van der Waals surface area (Å²) in [6.45, 7) is 4.85. The van der Waals surface area contributed by atoms with Crippen molar-refractivity contribution in [1.82, 2.24) is 10.6 Å². The van der Waals surface area contributed by atoms with Crippen molar-refractivity contribution in [3.8, 4) is 0 Å². The second-order valence-electron chi connectivity index (χ2n) is 5.83. The van der Waals surface area contributed by atoms with Crippen LogP contribution in [0.3, 0.4) is 0 Å². The number of amides is 3. The van der Waals surface area contributed by atoms with E-state index < -0.39 is 6.03 Å². The zero-order chi connectivity index (χ0) is 18.1. The van der Waals surface area contributed by atoms with Gasteiger partial charge in [0.05, 0.1) is 4.88 Å². The van der Waals surface area contributed by atoms with Gasteiger partial charge in [-0.25, -0.2) is 4.79 Å². The van der Waals surface area contributed by atoms with Gasteiger partial charge in [-0.3, -0.25) is 10.1 Å². The number of quaternary nitrogens is 1. The van der Waals surface area contributed by atoms with Gasteiger partial charge in [0, 0.05) is 12.1 Å². The summed E-state index contributed by atoms with van der Waals surface area (Å²) in [4.78, 5) is 24.8. The van der Waals surface area contributed by atoms with Gasteiger partial charge in [-0.05, 0) is 29.9 Å². The monoisotopic (exact) mass is 360 g/mol. The molecule has 2 rings (SSSR count). The van der Waals surface area contributed by atoms with E-state index in [0.29, 0.717) is 6.54 Å². The lowest BCUT2D eigenvalue weighted by Crippen LogP contribution is -2.87. The zero-order valence-corrected chi connectivity index (χ0v) is 15.6. The first-order valence-electron chi connectivity index (χ1n) is 8.67. The minimum Gasteiger partial charge on any atom is -0.338 e. The molecule has 1 aromatic heterocycles. The van der Waals surface area contributed by atoms with Crippen molar-refractivity contribution in [2.75, 3.05) is 13.1 Å². The number of carbonyl (C=O) groups excluding carboxylic acids is 2. The molecule has 0 radical (unpaired) electrons. The highest BCUT2D eigenvalue weighted by molar-refractivity contribution is 7.10. The molecule has 0 aliphatic rings. The van der Waals surface area contributed by atoms with Gasteiger partial charge >= 0.3 is 6.03 Å². The molecule has 0 saturated carbocycles. The Hall–Kier alpha value is -2.18. The van der Waals surface area contributed by atoms with Gasteiger partial charge < -0.3 is 10.6 Å². The van der Waals surface area contributed by atoms with Crippen molar-refractivity contribution in [3.05, 3.63) is 57.8 Å². The lowest BCUT2D eigenvalue weighted by Gasteiger charge is -2.15. The fraction of sp³-hybridized carbons (Fsp3) is 0.368. The third-order valence-electron chi connectivity index (χ3n) is 3.92. The second kappa shape index (κ2) is 9.96. The molecule has 0 bridgehead atoms. The fourth-order valence-electron chi connectivity index (χ4n) is 2.53. The van der Waals surface area contributed by atoms with Gasteiger partial charge in [0.15, 0.2) is 6.54 Å². The van der Waals surface area contributed by atoms with E-state index in [1.165, 1.54) is 10.4 Å². The maximum atomic E-state index is 12.0. The first-order valence-corrected chi connectivity index (χ1v) is 9.55. The molecule has 25 heavy (non-hydrogen) atoms. The summed E-state index contributed by atoms with van der Waals surface area (Å²) in [6, 6.07) is 12.2. The molecule has 1 heterocycles. The van der Waals surface area contributed by atoms with Crippen LogP contribution in [0.1, 0.15) is 42.3 Å². The molecule has 0 saturated heterocycles. The maximum Gasteiger partial charge on any atom is 0.321 e. The van der Waals surface area contributed by atoms with E-state index in [9.17, 15) is 9.59 Å². The van der Waals surface area contributed by atoms with E-state index in [0.717, 1.165) is 18.4 Å². The number of nitrogens with two attached hydrogens (primary N) is 1. The van der Waals surface area contributed by atoms with Crippen LogP contribution in [0.15, 0.2) is 41.8 Å². The number of nitrogens with one attached hydrogen (secondary N) is 2. The number of imide groups is 1. The smallest absolute Gasteiger partial charge is 0.321 e.